The molecule has 0 saturated carbocycles. The Kier molecular flexibility index (Phi) is 9.71. The zero-order chi connectivity index (χ0) is 16.3. The maximum Gasteiger partial charge on any atom is 0.306 e. The molecule has 21 heavy (non-hydrogen) atoms. The summed E-state index contributed by atoms with van der Waals surface area (Å²) in [6, 6.07) is 0. The molecular formula is C16H29NO4. The number of hydrogen-bond donors (Lipinski definition) is 0. The average molecular weight is 299 g/mol. The van der Waals surface area contributed by atoms with Crippen LogP contribution in [0, 0.1) is 0 Å². The number of carbonyl (C=O) groups excluding carboxylic acids is 2. The highest BCUT2D eigenvalue weighted by atomic mass is 16.5. The normalized spacial score (nSPS) is 13.3. The SMILES string of the molecule is CCC/C=C/CCCC(=O)OC(CC(=O)[O-])C[N+](C)(C)C. The van der Waals surface area contributed by atoms with Crippen molar-refractivity contribution in [2.45, 2.75) is 51.6 Å². The van der Waals surface area contributed by atoms with Gasteiger partial charge in [0.1, 0.15) is 6.54 Å². The van der Waals surface area contributed by atoms with E-state index in [9.17, 15) is 14.7 Å². The maximum atomic E-state index is 11.7. The average Bonchev–Trinajstić information content (AvgIpc) is 2.30. The largest absolute Gasteiger partial charge is 0.550 e. The van der Waals surface area contributed by atoms with Crippen molar-refractivity contribution in [3.05, 3.63) is 12.2 Å². The van der Waals surface area contributed by atoms with E-state index in [0.717, 1.165) is 25.7 Å². The first-order chi connectivity index (χ1) is 9.74. The van der Waals surface area contributed by atoms with Crippen molar-refractivity contribution in [3.63, 3.8) is 0 Å². The molecule has 0 aromatic rings. The number of rotatable bonds is 11. The second kappa shape index (κ2) is 10.4. The number of ether oxygens (including phenoxy) is 1. The molecule has 0 N–H and O–H groups in total. The number of carboxylic acids is 1. The summed E-state index contributed by atoms with van der Waals surface area (Å²) in [6.45, 7) is 2.57. The van der Waals surface area contributed by atoms with Gasteiger partial charge in [0, 0.05) is 18.8 Å². The van der Waals surface area contributed by atoms with E-state index in [1.54, 1.807) is 0 Å². The quantitative estimate of drug-likeness (QED) is 0.249. The van der Waals surface area contributed by atoms with Crippen LogP contribution in [0.3, 0.4) is 0 Å². The highest BCUT2D eigenvalue weighted by Crippen LogP contribution is 2.08. The van der Waals surface area contributed by atoms with Crippen LogP contribution < -0.4 is 5.11 Å². The van der Waals surface area contributed by atoms with Gasteiger partial charge in [-0.25, -0.2) is 0 Å². The maximum absolute atomic E-state index is 11.7. The van der Waals surface area contributed by atoms with Crippen molar-refractivity contribution in [2.75, 3.05) is 27.7 Å². The summed E-state index contributed by atoms with van der Waals surface area (Å²) >= 11 is 0. The van der Waals surface area contributed by atoms with E-state index < -0.39 is 12.1 Å². The van der Waals surface area contributed by atoms with Gasteiger partial charge in [-0.05, 0) is 19.3 Å². The zero-order valence-electron chi connectivity index (χ0n) is 13.8. The van der Waals surface area contributed by atoms with Gasteiger partial charge in [-0.1, -0.05) is 25.5 Å². The lowest BCUT2D eigenvalue weighted by Gasteiger charge is -2.29. The number of esters is 1. The van der Waals surface area contributed by atoms with Gasteiger partial charge in [0.2, 0.25) is 0 Å². The van der Waals surface area contributed by atoms with Crippen LogP contribution in [0.5, 0.6) is 0 Å². The predicted octanol–water partition coefficient (Wildman–Crippen LogP) is 1.27. The standard InChI is InChI=1S/C16H29NO4/c1-5-6-7-8-9-10-11-16(20)21-14(12-15(18)19)13-17(2,3)4/h7-8,14H,5-6,9-13H2,1-4H3/b8-7+. The number of unbranched alkanes of at least 4 members (excludes halogenated alkanes) is 2. The van der Waals surface area contributed by atoms with E-state index in [1.807, 2.05) is 21.1 Å². The van der Waals surface area contributed by atoms with E-state index in [4.69, 9.17) is 4.74 Å². The number of aliphatic carboxylic acids is 1. The van der Waals surface area contributed by atoms with E-state index in [-0.39, 0.29) is 12.4 Å². The van der Waals surface area contributed by atoms with E-state index in [0.29, 0.717) is 17.4 Å². The minimum absolute atomic E-state index is 0.252. The van der Waals surface area contributed by atoms with Gasteiger partial charge < -0.3 is 19.1 Å². The minimum atomic E-state index is -1.19. The number of carboxylic acid groups (broad SMARTS) is 1. The van der Waals surface area contributed by atoms with Crippen molar-refractivity contribution in [2.24, 2.45) is 0 Å². The lowest BCUT2D eigenvalue weighted by atomic mass is 10.2. The third kappa shape index (κ3) is 13.4. The van der Waals surface area contributed by atoms with Crippen LogP contribution in [0.4, 0.5) is 0 Å². The smallest absolute Gasteiger partial charge is 0.306 e. The summed E-state index contributed by atoms with van der Waals surface area (Å²) in [5, 5.41) is 10.7. The van der Waals surface area contributed by atoms with E-state index in [2.05, 4.69) is 19.1 Å². The molecule has 5 nitrogen and oxygen atoms in total. The van der Waals surface area contributed by atoms with Crippen molar-refractivity contribution >= 4 is 11.9 Å². The van der Waals surface area contributed by atoms with Crippen LogP contribution in [-0.4, -0.2) is 50.2 Å². The Balaban J connectivity index is 4.12. The van der Waals surface area contributed by atoms with Gasteiger partial charge in [-0.3, -0.25) is 4.79 Å². The molecule has 0 fully saturated rings. The fourth-order valence-corrected chi connectivity index (χ4v) is 1.95. The molecule has 0 aromatic carbocycles. The predicted molar refractivity (Wildman–Crippen MR) is 80.3 cm³/mol. The molecule has 0 bridgehead atoms. The number of nitrogens with zero attached hydrogens (tertiary/aromatic N) is 1. The first-order valence-corrected chi connectivity index (χ1v) is 7.59. The van der Waals surface area contributed by atoms with Crippen LogP contribution in [0.25, 0.3) is 0 Å². The molecule has 0 radical (unpaired) electrons. The Morgan fingerprint density at radius 3 is 2.33 bits per heavy atom. The molecule has 0 rings (SSSR count). The summed E-state index contributed by atoms with van der Waals surface area (Å²) in [5.74, 6) is -1.53. The third-order valence-electron chi connectivity index (χ3n) is 2.82. The molecule has 0 amide bonds. The van der Waals surface area contributed by atoms with Gasteiger partial charge >= 0.3 is 5.97 Å². The molecule has 5 heteroatoms. The molecule has 0 aliphatic heterocycles. The van der Waals surface area contributed by atoms with Crippen molar-refractivity contribution < 1.29 is 23.9 Å². The third-order valence-corrected chi connectivity index (χ3v) is 2.82. The Hall–Kier alpha value is -1.36. The fourth-order valence-electron chi connectivity index (χ4n) is 1.95. The second-order valence-electron chi connectivity index (χ2n) is 6.31. The van der Waals surface area contributed by atoms with Crippen molar-refractivity contribution in [1.82, 2.24) is 0 Å². The van der Waals surface area contributed by atoms with Gasteiger partial charge in [0.05, 0.1) is 21.1 Å². The van der Waals surface area contributed by atoms with Crippen LogP contribution in [0.2, 0.25) is 0 Å². The number of likely N-dealkylation sites (N-methyl/N-ethyl adjacent to an activating group) is 1. The molecule has 0 heterocycles. The number of quaternary nitrogens is 1. The minimum Gasteiger partial charge on any atom is -0.550 e. The molecule has 0 aromatic heterocycles. The number of carbonyl (C=O) groups is 2. The molecule has 0 spiro atoms. The Labute approximate surface area is 128 Å². The van der Waals surface area contributed by atoms with Crippen LogP contribution >= 0.6 is 0 Å². The molecule has 0 aliphatic rings. The summed E-state index contributed by atoms with van der Waals surface area (Å²) < 4.78 is 5.80. The summed E-state index contributed by atoms with van der Waals surface area (Å²) in [7, 11) is 5.78. The molecular weight excluding hydrogens is 270 g/mol. The van der Waals surface area contributed by atoms with Crippen LogP contribution in [0.15, 0.2) is 12.2 Å². The summed E-state index contributed by atoms with van der Waals surface area (Å²) in [4.78, 5) is 22.5. The van der Waals surface area contributed by atoms with Gasteiger partial charge in [0.15, 0.2) is 6.10 Å². The zero-order valence-corrected chi connectivity index (χ0v) is 13.8. The topological polar surface area (TPSA) is 66.4 Å². The van der Waals surface area contributed by atoms with E-state index >= 15 is 0 Å². The molecule has 0 saturated heterocycles. The summed E-state index contributed by atoms with van der Waals surface area (Å²) in [5.41, 5.74) is 0. The summed E-state index contributed by atoms with van der Waals surface area (Å²) in [6.07, 6.45) is 7.36. The van der Waals surface area contributed by atoms with Crippen molar-refractivity contribution in [1.29, 1.82) is 0 Å². The lowest BCUT2D eigenvalue weighted by molar-refractivity contribution is -0.873. The van der Waals surface area contributed by atoms with Gasteiger partial charge in [-0.15, -0.1) is 0 Å². The van der Waals surface area contributed by atoms with Gasteiger partial charge in [-0.2, -0.15) is 0 Å². The number of allylic oxidation sites excluding steroid dienone is 2. The first kappa shape index (κ1) is 19.6. The second-order valence-corrected chi connectivity index (χ2v) is 6.31. The molecule has 122 valence electrons. The van der Waals surface area contributed by atoms with Crippen LogP contribution in [0.1, 0.15) is 45.4 Å². The Bertz CT molecular complexity index is 345. The highest BCUT2D eigenvalue weighted by molar-refractivity contribution is 5.70. The highest BCUT2D eigenvalue weighted by Gasteiger charge is 2.22. The van der Waals surface area contributed by atoms with E-state index in [1.165, 1.54) is 0 Å². The lowest BCUT2D eigenvalue weighted by Crippen LogP contribution is -2.45. The first-order valence-electron chi connectivity index (χ1n) is 7.59. The van der Waals surface area contributed by atoms with Crippen LogP contribution in [-0.2, 0) is 14.3 Å². The Morgan fingerprint density at radius 1 is 1.19 bits per heavy atom. The molecule has 0 aliphatic carbocycles. The Morgan fingerprint density at radius 2 is 1.81 bits per heavy atom. The molecule has 1 atom stereocenters. The number of hydrogen-bond acceptors (Lipinski definition) is 4. The monoisotopic (exact) mass is 299 g/mol. The van der Waals surface area contributed by atoms with Crippen molar-refractivity contribution in [3.8, 4) is 0 Å². The van der Waals surface area contributed by atoms with Gasteiger partial charge in [0.25, 0.3) is 0 Å². The molecule has 1 unspecified atom stereocenters. The fraction of sp³-hybridized carbons (Fsp3) is 0.750.